The molecule has 0 radical (unpaired) electrons. The van der Waals surface area contributed by atoms with Crippen molar-refractivity contribution in [1.29, 1.82) is 0 Å². The highest BCUT2D eigenvalue weighted by Gasteiger charge is 2.39. The predicted octanol–water partition coefficient (Wildman–Crippen LogP) is 8.12. The average molecular weight is 415 g/mol. The second-order valence-corrected chi connectivity index (χ2v) is 20.2. The highest BCUT2D eigenvalue weighted by atomic mass is 28.4. The highest BCUT2D eigenvalue weighted by molar-refractivity contribution is 6.75. The molecule has 0 fully saturated rings. The molecule has 0 aliphatic heterocycles. The van der Waals surface area contributed by atoms with Gasteiger partial charge in [0.1, 0.15) is 11.5 Å². The second-order valence-electron chi connectivity index (χ2n) is 10.8. The monoisotopic (exact) mass is 414 g/mol. The quantitative estimate of drug-likeness (QED) is 0.460. The summed E-state index contributed by atoms with van der Waals surface area (Å²) < 4.78 is 12.8. The molecule has 0 atom stereocenters. The van der Waals surface area contributed by atoms with E-state index in [0.717, 1.165) is 11.5 Å². The van der Waals surface area contributed by atoms with E-state index < -0.39 is 16.6 Å². The van der Waals surface area contributed by atoms with Crippen LogP contribution in [0.25, 0.3) is 11.1 Å². The number of benzene rings is 2. The smallest absolute Gasteiger partial charge is 0.250 e. The second kappa shape index (κ2) is 7.71. The zero-order valence-corrected chi connectivity index (χ0v) is 21.4. The van der Waals surface area contributed by atoms with Crippen LogP contribution in [0.3, 0.4) is 0 Å². The largest absolute Gasteiger partial charge is 0.544 e. The zero-order valence-electron chi connectivity index (χ0n) is 19.4. The lowest BCUT2D eigenvalue weighted by atomic mass is 10.1. The fraction of sp³-hybridized carbons (Fsp3) is 0.500. The van der Waals surface area contributed by atoms with Crippen LogP contribution in [0.4, 0.5) is 0 Å². The lowest BCUT2D eigenvalue weighted by molar-refractivity contribution is 0.492. The van der Waals surface area contributed by atoms with Gasteiger partial charge in [0.05, 0.1) is 0 Å². The molecule has 2 aromatic carbocycles. The van der Waals surface area contributed by atoms with E-state index in [-0.39, 0.29) is 10.1 Å². The summed E-state index contributed by atoms with van der Waals surface area (Å²) in [6.45, 7) is 22.7. The number of rotatable bonds is 5. The van der Waals surface area contributed by atoms with Crippen molar-refractivity contribution in [3.05, 3.63) is 48.5 Å². The van der Waals surface area contributed by atoms with Crippen LogP contribution >= 0.6 is 0 Å². The first kappa shape index (κ1) is 22.8. The van der Waals surface area contributed by atoms with Gasteiger partial charge in [-0.2, -0.15) is 0 Å². The van der Waals surface area contributed by atoms with Gasteiger partial charge in [0, 0.05) is 0 Å². The van der Waals surface area contributed by atoms with Gasteiger partial charge in [-0.3, -0.25) is 0 Å². The van der Waals surface area contributed by atoms with Gasteiger partial charge in [-0.05, 0) is 71.7 Å². The van der Waals surface area contributed by atoms with Gasteiger partial charge >= 0.3 is 0 Å². The molecule has 2 aromatic rings. The molecule has 0 saturated heterocycles. The van der Waals surface area contributed by atoms with E-state index in [1.807, 2.05) is 0 Å². The van der Waals surface area contributed by atoms with Gasteiger partial charge in [-0.15, -0.1) is 0 Å². The van der Waals surface area contributed by atoms with Gasteiger partial charge in [-0.1, -0.05) is 65.8 Å². The van der Waals surface area contributed by atoms with Crippen molar-refractivity contribution in [2.24, 2.45) is 0 Å². The van der Waals surface area contributed by atoms with Crippen molar-refractivity contribution in [2.45, 2.75) is 77.8 Å². The Balaban J connectivity index is 2.13. The molecule has 154 valence electrons. The van der Waals surface area contributed by atoms with E-state index >= 15 is 0 Å². The standard InChI is InChI=1S/C24H38O2Si2/c1-23(2,3)27(7,8)25-21-15-11-19(12-16-21)20-13-17-22(18-14-20)26-28(9,10)24(4,5)6/h11-18H,1-10H3. The first-order chi connectivity index (χ1) is 12.6. The molecule has 0 bridgehead atoms. The van der Waals surface area contributed by atoms with E-state index in [9.17, 15) is 0 Å². The van der Waals surface area contributed by atoms with Crippen LogP contribution in [0.1, 0.15) is 41.5 Å². The van der Waals surface area contributed by atoms with E-state index in [2.05, 4.69) is 116 Å². The van der Waals surface area contributed by atoms with Crippen LogP contribution in [-0.2, 0) is 0 Å². The van der Waals surface area contributed by atoms with Crippen molar-refractivity contribution in [1.82, 2.24) is 0 Å². The molecule has 2 nitrogen and oxygen atoms in total. The third-order valence-corrected chi connectivity index (χ3v) is 15.1. The summed E-state index contributed by atoms with van der Waals surface area (Å²) in [7, 11) is -3.60. The third kappa shape index (κ3) is 5.29. The van der Waals surface area contributed by atoms with Crippen molar-refractivity contribution < 1.29 is 8.85 Å². The summed E-state index contributed by atoms with van der Waals surface area (Å²) in [6, 6.07) is 17.0. The lowest BCUT2D eigenvalue weighted by Crippen LogP contribution is -2.43. The summed E-state index contributed by atoms with van der Waals surface area (Å²) in [4.78, 5) is 0. The van der Waals surface area contributed by atoms with Gasteiger partial charge in [0.2, 0.25) is 16.6 Å². The molecule has 0 amide bonds. The van der Waals surface area contributed by atoms with Crippen LogP contribution in [-0.4, -0.2) is 16.6 Å². The topological polar surface area (TPSA) is 18.5 Å². The minimum absolute atomic E-state index is 0.200. The highest BCUT2D eigenvalue weighted by Crippen LogP contribution is 2.39. The molecule has 2 rings (SSSR count). The van der Waals surface area contributed by atoms with Crippen LogP contribution in [0.2, 0.25) is 36.3 Å². The Bertz CT molecular complexity index is 708. The number of hydrogen-bond donors (Lipinski definition) is 0. The fourth-order valence-corrected chi connectivity index (χ4v) is 4.39. The van der Waals surface area contributed by atoms with Crippen molar-refractivity contribution in [3.63, 3.8) is 0 Å². The molecular weight excluding hydrogens is 376 g/mol. The zero-order chi connectivity index (χ0) is 21.4. The summed E-state index contributed by atoms with van der Waals surface area (Å²) in [5, 5.41) is 0.400. The Morgan fingerprint density at radius 2 is 0.750 bits per heavy atom. The fourth-order valence-electron chi connectivity index (χ4n) is 2.33. The average Bonchev–Trinajstić information content (AvgIpc) is 2.53. The molecule has 28 heavy (non-hydrogen) atoms. The molecule has 0 heterocycles. The minimum atomic E-state index is -1.80. The maximum atomic E-state index is 6.39. The maximum absolute atomic E-state index is 6.39. The molecule has 0 aliphatic carbocycles. The normalized spacial score (nSPS) is 13.4. The van der Waals surface area contributed by atoms with E-state index in [1.165, 1.54) is 11.1 Å². The maximum Gasteiger partial charge on any atom is 0.250 e. The van der Waals surface area contributed by atoms with Crippen molar-refractivity contribution in [3.8, 4) is 22.6 Å². The van der Waals surface area contributed by atoms with Crippen LogP contribution in [0.15, 0.2) is 48.5 Å². The Morgan fingerprint density at radius 3 is 0.964 bits per heavy atom. The van der Waals surface area contributed by atoms with Gasteiger partial charge in [-0.25, -0.2) is 0 Å². The summed E-state index contributed by atoms with van der Waals surface area (Å²) >= 11 is 0. The van der Waals surface area contributed by atoms with E-state index in [1.54, 1.807) is 0 Å². The Labute approximate surface area is 174 Å². The van der Waals surface area contributed by atoms with Gasteiger partial charge in [0.25, 0.3) is 0 Å². The lowest BCUT2D eigenvalue weighted by Gasteiger charge is -2.36. The van der Waals surface area contributed by atoms with Crippen LogP contribution < -0.4 is 8.85 Å². The molecular formula is C24H38O2Si2. The molecule has 0 saturated carbocycles. The molecule has 0 N–H and O–H groups in total. The Hall–Kier alpha value is -1.53. The van der Waals surface area contributed by atoms with Crippen molar-refractivity contribution >= 4 is 16.6 Å². The van der Waals surface area contributed by atoms with Crippen molar-refractivity contribution in [2.75, 3.05) is 0 Å². The SMILES string of the molecule is CC(C)(C)[Si](C)(C)Oc1ccc(-c2ccc(O[Si](C)(C)C(C)(C)C)cc2)cc1. The minimum Gasteiger partial charge on any atom is -0.544 e. The number of hydrogen-bond acceptors (Lipinski definition) is 2. The van der Waals surface area contributed by atoms with E-state index in [4.69, 9.17) is 8.85 Å². The molecule has 0 unspecified atom stereocenters. The summed E-state index contributed by atoms with van der Waals surface area (Å²) in [6.07, 6.45) is 0. The predicted molar refractivity (Wildman–Crippen MR) is 128 cm³/mol. The van der Waals surface area contributed by atoms with Gasteiger partial charge in [0.15, 0.2) is 0 Å². The first-order valence-corrected chi connectivity index (χ1v) is 16.0. The first-order valence-electron chi connectivity index (χ1n) is 10.2. The van der Waals surface area contributed by atoms with Crippen LogP contribution in [0.5, 0.6) is 11.5 Å². The molecule has 0 aromatic heterocycles. The third-order valence-electron chi connectivity index (χ3n) is 6.40. The molecule has 0 spiro atoms. The summed E-state index contributed by atoms with van der Waals surface area (Å²) in [5.74, 6) is 1.93. The van der Waals surface area contributed by atoms with Crippen LogP contribution in [0, 0.1) is 0 Å². The Kier molecular flexibility index (Phi) is 6.27. The molecule has 4 heteroatoms. The summed E-state index contributed by atoms with van der Waals surface area (Å²) in [5.41, 5.74) is 2.39. The molecule has 0 aliphatic rings. The van der Waals surface area contributed by atoms with Gasteiger partial charge < -0.3 is 8.85 Å². The van der Waals surface area contributed by atoms with E-state index in [0.29, 0.717) is 0 Å². The Morgan fingerprint density at radius 1 is 0.500 bits per heavy atom.